The molecule has 0 radical (unpaired) electrons. The number of imidazole rings is 1. The van der Waals surface area contributed by atoms with E-state index in [1.165, 1.54) is 12.8 Å². The lowest BCUT2D eigenvalue weighted by Gasteiger charge is -2.22. The molecule has 1 saturated carbocycles. The van der Waals surface area contributed by atoms with Crippen LogP contribution in [0.2, 0.25) is 0 Å². The van der Waals surface area contributed by atoms with Crippen LogP contribution in [0.25, 0.3) is 0 Å². The van der Waals surface area contributed by atoms with Gasteiger partial charge in [-0.3, -0.25) is 0 Å². The van der Waals surface area contributed by atoms with Gasteiger partial charge in [-0.25, -0.2) is 4.98 Å². The zero-order valence-corrected chi connectivity index (χ0v) is 10.7. The van der Waals surface area contributed by atoms with Gasteiger partial charge in [-0.1, -0.05) is 0 Å². The van der Waals surface area contributed by atoms with Crippen molar-refractivity contribution in [1.82, 2.24) is 9.55 Å². The van der Waals surface area contributed by atoms with Crippen molar-refractivity contribution in [3.8, 4) is 0 Å². The van der Waals surface area contributed by atoms with Crippen LogP contribution in [0.3, 0.4) is 0 Å². The third-order valence-corrected chi connectivity index (χ3v) is 3.36. The van der Waals surface area contributed by atoms with Crippen molar-refractivity contribution in [1.29, 1.82) is 0 Å². The number of hydrogen-bond donors (Lipinski definition) is 1. The highest BCUT2D eigenvalue weighted by molar-refractivity contribution is 4.97. The summed E-state index contributed by atoms with van der Waals surface area (Å²) in [6, 6.07) is 0. The average Bonchev–Trinajstić information content (AvgIpc) is 3.06. The first kappa shape index (κ1) is 12.6. The van der Waals surface area contributed by atoms with Crippen LogP contribution in [-0.2, 0) is 17.7 Å². The quantitative estimate of drug-likeness (QED) is 0.785. The highest BCUT2D eigenvalue weighted by Gasteiger charge is 2.36. The van der Waals surface area contributed by atoms with Crippen molar-refractivity contribution < 1.29 is 9.84 Å². The van der Waals surface area contributed by atoms with Crippen LogP contribution >= 0.6 is 0 Å². The van der Waals surface area contributed by atoms with Gasteiger partial charge in [-0.2, -0.15) is 0 Å². The van der Waals surface area contributed by atoms with Crippen LogP contribution in [0.1, 0.15) is 32.5 Å². The summed E-state index contributed by atoms with van der Waals surface area (Å²) in [6.45, 7) is 5.62. The normalized spacial score (nSPS) is 19.2. The molecule has 0 bridgehead atoms. The molecule has 1 aromatic heterocycles. The summed E-state index contributed by atoms with van der Waals surface area (Å²) in [6.07, 6.45) is 6.25. The van der Waals surface area contributed by atoms with E-state index in [0.717, 1.165) is 12.4 Å². The summed E-state index contributed by atoms with van der Waals surface area (Å²) >= 11 is 0. The minimum absolute atomic E-state index is 0.0120. The fraction of sp³-hybridized carbons (Fsp3) is 0.769. The van der Waals surface area contributed by atoms with E-state index in [4.69, 9.17) is 4.74 Å². The van der Waals surface area contributed by atoms with Gasteiger partial charge in [-0.05, 0) is 32.6 Å². The summed E-state index contributed by atoms with van der Waals surface area (Å²) in [5, 5.41) is 10.3. The molecule has 1 N–H and O–H groups in total. The van der Waals surface area contributed by atoms with Crippen LogP contribution in [0, 0.1) is 5.92 Å². The molecule has 0 aromatic carbocycles. The molecular weight excluding hydrogens is 216 g/mol. The molecular formula is C13H22N2O2. The van der Waals surface area contributed by atoms with Gasteiger partial charge in [0.2, 0.25) is 0 Å². The second kappa shape index (κ2) is 5.65. The third kappa shape index (κ3) is 3.07. The molecule has 0 spiro atoms. The van der Waals surface area contributed by atoms with Gasteiger partial charge in [-0.15, -0.1) is 0 Å². The minimum Gasteiger partial charge on any atom is -0.390 e. The maximum Gasteiger partial charge on any atom is 0.111 e. The molecule has 1 heterocycles. The summed E-state index contributed by atoms with van der Waals surface area (Å²) in [4.78, 5) is 4.30. The maximum atomic E-state index is 10.3. The van der Waals surface area contributed by atoms with Crippen LogP contribution < -0.4 is 0 Å². The van der Waals surface area contributed by atoms with Gasteiger partial charge in [0.15, 0.2) is 0 Å². The van der Waals surface area contributed by atoms with Crippen molar-refractivity contribution in [2.75, 3.05) is 6.61 Å². The van der Waals surface area contributed by atoms with Gasteiger partial charge in [0.1, 0.15) is 5.82 Å². The minimum atomic E-state index is -0.435. The third-order valence-electron chi connectivity index (χ3n) is 3.36. The van der Waals surface area contributed by atoms with Crippen molar-refractivity contribution in [3.05, 3.63) is 18.2 Å². The van der Waals surface area contributed by atoms with E-state index in [2.05, 4.69) is 16.5 Å². The van der Waals surface area contributed by atoms with Gasteiger partial charge in [0.05, 0.1) is 12.2 Å². The van der Waals surface area contributed by atoms with E-state index in [0.29, 0.717) is 18.9 Å². The number of ether oxygens (including phenoxy) is 1. The van der Waals surface area contributed by atoms with E-state index >= 15 is 0 Å². The smallest absolute Gasteiger partial charge is 0.111 e. The first-order chi connectivity index (χ1) is 8.26. The molecule has 2 atom stereocenters. The summed E-state index contributed by atoms with van der Waals surface area (Å²) in [7, 11) is 0. The van der Waals surface area contributed by atoms with Crippen molar-refractivity contribution >= 4 is 0 Å². The molecule has 0 aliphatic heterocycles. The zero-order valence-electron chi connectivity index (χ0n) is 10.7. The highest BCUT2D eigenvalue weighted by Crippen LogP contribution is 2.36. The molecule has 2 rings (SSSR count). The maximum absolute atomic E-state index is 10.3. The van der Waals surface area contributed by atoms with Gasteiger partial charge < -0.3 is 14.4 Å². The number of aryl methyl sites for hydroxylation is 1. The van der Waals surface area contributed by atoms with E-state index in [-0.39, 0.29) is 6.10 Å². The number of aromatic nitrogens is 2. The number of rotatable bonds is 7. The average molecular weight is 238 g/mol. The van der Waals surface area contributed by atoms with Crippen molar-refractivity contribution in [2.24, 2.45) is 5.92 Å². The molecule has 4 nitrogen and oxygen atoms in total. The summed E-state index contributed by atoms with van der Waals surface area (Å²) < 4.78 is 7.73. The Balaban J connectivity index is 1.96. The van der Waals surface area contributed by atoms with Crippen LogP contribution in [-0.4, -0.2) is 33.5 Å². The SMILES string of the molecule is CCOC(C(O)Cc1nccn1CC)C1CC1. The Labute approximate surface area is 103 Å². The molecule has 0 amide bonds. The Hall–Kier alpha value is -0.870. The first-order valence-electron chi connectivity index (χ1n) is 6.55. The molecule has 1 aromatic rings. The lowest BCUT2D eigenvalue weighted by Crippen LogP contribution is -2.33. The number of hydrogen-bond acceptors (Lipinski definition) is 3. The second-order valence-corrected chi connectivity index (χ2v) is 4.66. The monoisotopic (exact) mass is 238 g/mol. The fourth-order valence-electron chi connectivity index (χ4n) is 2.30. The predicted octanol–water partition coefficient (Wildman–Crippen LogP) is 1.62. The topological polar surface area (TPSA) is 47.3 Å². The van der Waals surface area contributed by atoms with E-state index < -0.39 is 6.10 Å². The number of nitrogens with zero attached hydrogens (tertiary/aromatic N) is 2. The number of aliphatic hydroxyl groups excluding tert-OH is 1. The van der Waals surface area contributed by atoms with Crippen LogP contribution in [0.5, 0.6) is 0 Å². The lowest BCUT2D eigenvalue weighted by atomic mass is 10.1. The molecule has 1 aliphatic carbocycles. The van der Waals surface area contributed by atoms with E-state index in [1.54, 1.807) is 6.20 Å². The van der Waals surface area contributed by atoms with Crippen molar-refractivity contribution in [3.63, 3.8) is 0 Å². The molecule has 2 unspecified atom stereocenters. The molecule has 4 heteroatoms. The van der Waals surface area contributed by atoms with E-state index in [9.17, 15) is 5.11 Å². The Morgan fingerprint density at radius 2 is 2.29 bits per heavy atom. The zero-order chi connectivity index (χ0) is 12.3. The Kier molecular flexibility index (Phi) is 4.18. The summed E-state index contributed by atoms with van der Waals surface area (Å²) in [5.74, 6) is 1.50. The first-order valence-corrected chi connectivity index (χ1v) is 6.55. The standard InChI is InChI=1S/C13H22N2O2/c1-3-15-8-7-14-12(15)9-11(16)13(17-4-2)10-5-6-10/h7-8,10-11,13,16H,3-6,9H2,1-2H3. The van der Waals surface area contributed by atoms with Crippen molar-refractivity contribution in [2.45, 2.75) is 51.9 Å². The fourth-order valence-corrected chi connectivity index (χ4v) is 2.30. The molecule has 96 valence electrons. The largest absolute Gasteiger partial charge is 0.390 e. The van der Waals surface area contributed by atoms with E-state index in [1.807, 2.05) is 13.1 Å². The van der Waals surface area contributed by atoms with Gasteiger partial charge >= 0.3 is 0 Å². The summed E-state index contributed by atoms with van der Waals surface area (Å²) in [5.41, 5.74) is 0. The second-order valence-electron chi connectivity index (χ2n) is 4.66. The molecule has 1 aliphatic rings. The number of aliphatic hydroxyl groups is 1. The molecule has 1 fully saturated rings. The van der Waals surface area contributed by atoms with Crippen LogP contribution in [0.4, 0.5) is 0 Å². The molecule has 0 saturated heterocycles. The Morgan fingerprint density at radius 1 is 1.53 bits per heavy atom. The van der Waals surface area contributed by atoms with Crippen LogP contribution in [0.15, 0.2) is 12.4 Å². The molecule has 17 heavy (non-hydrogen) atoms. The van der Waals surface area contributed by atoms with Gasteiger partial charge in [0.25, 0.3) is 0 Å². The Morgan fingerprint density at radius 3 is 2.88 bits per heavy atom. The Bertz CT molecular complexity index is 347. The highest BCUT2D eigenvalue weighted by atomic mass is 16.5. The predicted molar refractivity (Wildman–Crippen MR) is 65.7 cm³/mol. The lowest BCUT2D eigenvalue weighted by molar-refractivity contribution is -0.0449. The van der Waals surface area contributed by atoms with Gasteiger partial charge in [0, 0.05) is 32.0 Å².